The summed E-state index contributed by atoms with van der Waals surface area (Å²) in [5, 5.41) is 11.8. The van der Waals surface area contributed by atoms with Crippen LogP contribution >= 0.6 is 0 Å². The maximum absolute atomic E-state index is 13.0. The monoisotopic (exact) mass is 282 g/mol. The molecule has 2 fully saturated rings. The minimum Gasteiger partial charge on any atom is -0.393 e. The lowest BCUT2D eigenvalue weighted by atomic mass is 9.98. The smallest absolute Gasteiger partial charge is 0.273 e. The number of hydrogen-bond acceptors (Lipinski definition) is 3. The van der Waals surface area contributed by atoms with Gasteiger partial charge in [0.2, 0.25) is 0 Å². The van der Waals surface area contributed by atoms with E-state index in [1.54, 1.807) is 6.20 Å². The van der Waals surface area contributed by atoms with Gasteiger partial charge in [-0.2, -0.15) is 0 Å². The summed E-state index contributed by atoms with van der Waals surface area (Å²) in [7, 11) is 0. The molecule has 0 aliphatic carbocycles. The molecule has 0 spiro atoms. The lowest BCUT2D eigenvalue weighted by Crippen LogP contribution is -2.48. The van der Waals surface area contributed by atoms with Gasteiger partial charge in [0.15, 0.2) is 0 Å². The zero-order valence-electron chi connectivity index (χ0n) is 11.8. The molecule has 2 aliphatic rings. The fraction of sp³-hybridized carbons (Fsp3) is 0.412. The van der Waals surface area contributed by atoms with E-state index in [2.05, 4.69) is 4.98 Å². The number of fused-ring (bicyclic) bond motifs is 3. The number of piperidine rings is 1. The van der Waals surface area contributed by atoms with Gasteiger partial charge in [0.1, 0.15) is 5.69 Å². The van der Waals surface area contributed by atoms with E-state index in [1.165, 1.54) is 0 Å². The fourth-order valence-electron chi connectivity index (χ4n) is 3.89. The largest absolute Gasteiger partial charge is 0.393 e. The number of carbonyl (C=O) groups excluding carboxylic acids is 1. The van der Waals surface area contributed by atoms with Gasteiger partial charge < -0.3 is 10.0 Å². The summed E-state index contributed by atoms with van der Waals surface area (Å²) in [6.45, 7) is 0. The summed E-state index contributed by atoms with van der Waals surface area (Å²) in [4.78, 5) is 19.3. The molecule has 2 aliphatic heterocycles. The molecule has 2 bridgehead atoms. The third-order valence-electron chi connectivity index (χ3n) is 4.82. The summed E-state index contributed by atoms with van der Waals surface area (Å²) in [5.41, 5.74) is 0.543. The first-order chi connectivity index (χ1) is 10.2. The predicted molar refractivity (Wildman–Crippen MR) is 80.0 cm³/mol. The molecule has 108 valence electrons. The highest BCUT2D eigenvalue weighted by Crippen LogP contribution is 2.37. The topological polar surface area (TPSA) is 53.4 Å². The van der Waals surface area contributed by atoms with Crippen LogP contribution in [-0.2, 0) is 0 Å². The van der Waals surface area contributed by atoms with E-state index >= 15 is 0 Å². The molecule has 2 saturated heterocycles. The van der Waals surface area contributed by atoms with Crippen molar-refractivity contribution in [3.63, 3.8) is 0 Å². The molecule has 4 rings (SSSR count). The quantitative estimate of drug-likeness (QED) is 0.873. The van der Waals surface area contributed by atoms with Crippen LogP contribution in [0.15, 0.2) is 36.5 Å². The Kier molecular flexibility index (Phi) is 2.93. The number of amides is 1. The molecule has 1 N–H and O–H groups in total. The number of rotatable bonds is 1. The first-order valence-corrected chi connectivity index (χ1v) is 7.58. The van der Waals surface area contributed by atoms with Gasteiger partial charge in [-0.3, -0.25) is 9.78 Å². The van der Waals surface area contributed by atoms with Crippen LogP contribution in [0.2, 0.25) is 0 Å². The minimum absolute atomic E-state index is 0.0196. The van der Waals surface area contributed by atoms with Crippen molar-refractivity contribution < 1.29 is 9.90 Å². The van der Waals surface area contributed by atoms with Crippen LogP contribution in [-0.4, -0.2) is 39.1 Å². The maximum Gasteiger partial charge on any atom is 0.273 e. The highest BCUT2D eigenvalue weighted by molar-refractivity contribution is 6.05. The van der Waals surface area contributed by atoms with Gasteiger partial charge in [-0.15, -0.1) is 0 Å². The van der Waals surface area contributed by atoms with Gasteiger partial charge in [-0.1, -0.05) is 24.3 Å². The molecule has 2 atom stereocenters. The fourth-order valence-corrected chi connectivity index (χ4v) is 3.89. The number of carbonyl (C=O) groups is 1. The van der Waals surface area contributed by atoms with Crippen molar-refractivity contribution in [3.05, 3.63) is 42.2 Å². The van der Waals surface area contributed by atoms with Gasteiger partial charge in [0.25, 0.3) is 5.91 Å². The van der Waals surface area contributed by atoms with Gasteiger partial charge in [-0.05, 0) is 37.1 Å². The molecule has 4 nitrogen and oxygen atoms in total. The second kappa shape index (κ2) is 4.81. The first kappa shape index (κ1) is 12.8. The number of hydrogen-bond donors (Lipinski definition) is 1. The molecular formula is C17H18N2O2. The van der Waals surface area contributed by atoms with E-state index in [1.807, 2.05) is 35.2 Å². The van der Waals surface area contributed by atoms with Crippen LogP contribution in [0, 0.1) is 0 Å². The Morgan fingerprint density at radius 3 is 2.62 bits per heavy atom. The molecule has 0 saturated carbocycles. The van der Waals surface area contributed by atoms with Crippen molar-refractivity contribution in [2.24, 2.45) is 0 Å². The van der Waals surface area contributed by atoms with Crippen LogP contribution in [0.4, 0.5) is 0 Å². The highest BCUT2D eigenvalue weighted by atomic mass is 16.3. The Bertz CT molecular complexity index is 681. The molecule has 4 heteroatoms. The number of nitrogens with zero attached hydrogens (tertiary/aromatic N) is 2. The molecule has 1 aromatic carbocycles. The van der Waals surface area contributed by atoms with E-state index in [0.717, 1.165) is 23.6 Å². The molecule has 1 amide bonds. The number of benzene rings is 1. The van der Waals surface area contributed by atoms with Crippen LogP contribution in [0.1, 0.15) is 36.2 Å². The number of aromatic nitrogens is 1. The minimum atomic E-state index is -0.257. The Labute approximate surface area is 123 Å². The molecule has 0 radical (unpaired) electrons. The summed E-state index contributed by atoms with van der Waals surface area (Å²) in [6, 6.07) is 10.1. The van der Waals surface area contributed by atoms with Crippen LogP contribution in [0.3, 0.4) is 0 Å². The standard InChI is InChI=1S/C17H18N2O2/c20-14-9-12-5-6-13(10-14)19(12)17(21)16-15-4-2-1-3-11(15)7-8-18-16/h1-4,7-8,12-14,20H,5-6,9-10H2. The van der Waals surface area contributed by atoms with Gasteiger partial charge in [0, 0.05) is 23.7 Å². The molecule has 1 aromatic heterocycles. The predicted octanol–water partition coefficient (Wildman–Crippen LogP) is 2.36. The van der Waals surface area contributed by atoms with Crippen LogP contribution in [0.5, 0.6) is 0 Å². The highest BCUT2D eigenvalue weighted by Gasteiger charge is 2.43. The van der Waals surface area contributed by atoms with Crippen molar-refractivity contribution in [2.75, 3.05) is 0 Å². The molecule has 2 aromatic rings. The Balaban J connectivity index is 1.74. The van der Waals surface area contributed by atoms with E-state index in [0.29, 0.717) is 18.5 Å². The molecule has 2 unspecified atom stereocenters. The lowest BCUT2D eigenvalue weighted by molar-refractivity contribution is 0.0284. The molecular weight excluding hydrogens is 264 g/mol. The van der Waals surface area contributed by atoms with Crippen molar-refractivity contribution in [1.82, 2.24) is 9.88 Å². The normalized spacial score (nSPS) is 28.0. The zero-order valence-corrected chi connectivity index (χ0v) is 11.8. The van der Waals surface area contributed by atoms with Crippen molar-refractivity contribution in [2.45, 2.75) is 43.9 Å². The zero-order chi connectivity index (χ0) is 14.4. The number of aliphatic hydroxyl groups excluding tert-OH is 1. The average molecular weight is 282 g/mol. The van der Waals surface area contributed by atoms with Crippen LogP contribution < -0.4 is 0 Å². The van der Waals surface area contributed by atoms with Gasteiger partial charge >= 0.3 is 0 Å². The summed E-state index contributed by atoms with van der Waals surface area (Å²) >= 11 is 0. The second-order valence-electron chi connectivity index (χ2n) is 6.10. The molecule has 21 heavy (non-hydrogen) atoms. The Morgan fingerprint density at radius 2 is 1.86 bits per heavy atom. The van der Waals surface area contributed by atoms with Crippen molar-refractivity contribution >= 4 is 16.7 Å². The number of pyridine rings is 1. The second-order valence-corrected chi connectivity index (χ2v) is 6.10. The van der Waals surface area contributed by atoms with Gasteiger partial charge in [0.05, 0.1) is 6.10 Å². The maximum atomic E-state index is 13.0. The summed E-state index contributed by atoms with van der Waals surface area (Å²) < 4.78 is 0. The Hall–Kier alpha value is -1.94. The molecule has 3 heterocycles. The van der Waals surface area contributed by atoms with Crippen molar-refractivity contribution in [3.8, 4) is 0 Å². The van der Waals surface area contributed by atoms with E-state index in [4.69, 9.17) is 0 Å². The van der Waals surface area contributed by atoms with E-state index < -0.39 is 0 Å². The van der Waals surface area contributed by atoms with E-state index in [9.17, 15) is 9.90 Å². The first-order valence-electron chi connectivity index (χ1n) is 7.58. The number of aliphatic hydroxyl groups is 1. The summed E-state index contributed by atoms with van der Waals surface area (Å²) in [5.74, 6) is 0.0196. The third-order valence-corrected chi connectivity index (χ3v) is 4.82. The average Bonchev–Trinajstić information content (AvgIpc) is 2.78. The Morgan fingerprint density at radius 1 is 1.14 bits per heavy atom. The van der Waals surface area contributed by atoms with Gasteiger partial charge in [-0.25, -0.2) is 0 Å². The SMILES string of the molecule is O=C(c1nccc2ccccc12)N1C2CCC1CC(O)C2. The summed E-state index contributed by atoms with van der Waals surface area (Å²) in [6.07, 6.45) is 4.85. The van der Waals surface area contributed by atoms with E-state index in [-0.39, 0.29) is 24.1 Å². The third kappa shape index (κ3) is 2.02. The lowest BCUT2D eigenvalue weighted by Gasteiger charge is -2.37. The van der Waals surface area contributed by atoms with Crippen LogP contribution in [0.25, 0.3) is 10.8 Å². The van der Waals surface area contributed by atoms with Crippen molar-refractivity contribution in [1.29, 1.82) is 0 Å².